The van der Waals surface area contributed by atoms with Crippen molar-refractivity contribution in [2.45, 2.75) is 13.5 Å². The summed E-state index contributed by atoms with van der Waals surface area (Å²) in [7, 11) is 1.67. The summed E-state index contributed by atoms with van der Waals surface area (Å²) in [5, 5.41) is 3.00. The number of rotatable bonds is 3. The lowest BCUT2D eigenvalue weighted by atomic mass is 10.1. The quantitative estimate of drug-likeness (QED) is 0.724. The van der Waals surface area contributed by atoms with Crippen LogP contribution in [0.25, 0.3) is 22.4 Å². The van der Waals surface area contributed by atoms with E-state index in [0.717, 1.165) is 27.4 Å². The molecule has 0 fully saturated rings. The van der Waals surface area contributed by atoms with Crippen LogP contribution in [-0.4, -0.2) is 17.1 Å². The van der Waals surface area contributed by atoms with Crippen LogP contribution in [0, 0.1) is 6.92 Å². The van der Waals surface area contributed by atoms with Crippen LogP contribution in [0.3, 0.4) is 0 Å². The zero-order valence-corrected chi connectivity index (χ0v) is 11.0. The molecule has 0 saturated heterocycles. The SMILES string of the molecule is COCc1nc(-c2ccc3nc(C)oc3c2)cs1. The Bertz CT molecular complexity index is 687. The summed E-state index contributed by atoms with van der Waals surface area (Å²) < 4.78 is 10.6. The maximum absolute atomic E-state index is 5.52. The van der Waals surface area contributed by atoms with Gasteiger partial charge in [0.25, 0.3) is 0 Å². The van der Waals surface area contributed by atoms with Crippen LogP contribution in [0.2, 0.25) is 0 Å². The number of oxazole rings is 1. The van der Waals surface area contributed by atoms with Gasteiger partial charge in [-0.2, -0.15) is 0 Å². The highest BCUT2D eigenvalue weighted by Gasteiger charge is 2.08. The molecule has 0 aliphatic carbocycles. The molecular weight excluding hydrogens is 248 g/mol. The molecule has 3 aromatic rings. The molecule has 18 heavy (non-hydrogen) atoms. The van der Waals surface area contributed by atoms with Gasteiger partial charge in [-0.15, -0.1) is 11.3 Å². The Morgan fingerprint density at radius 2 is 2.22 bits per heavy atom. The highest BCUT2D eigenvalue weighted by molar-refractivity contribution is 7.09. The molecule has 2 heterocycles. The van der Waals surface area contributed by atoms with Crippen molar-refractivity contribution in [3.05, 3.63) is 34.5 Å². The molecule has 0 saturated carbocycles. The molecule has 0 unspecified atom stereocenters. The minimum absolute atomic E-state index is 0.550. The van der Waals surface area contributed by atoms with E-state index in [1.54, 1.807) is 18.4 Å². The fourth-order valence-corrected chi connectivity index (χ4v) is 2.61. The van der Waals surface area contributed by atoms with Crippen molar-refractivity contribution < 1.29 is 9.15 Å². The fraction of sp³-hybridized carbons (Fsp3) is 0.231. The number of ether oxygens (including phenoxy) is 1. The van der Waals surface area contributed by atoms with Crippen LogP contribution in [-0.2, 0) is 11.3 Å². The predicted molar refractivity (Wildman–Crippen MR) is 70.6 cm³/mol. The van der Waals surface area contributed by atoms with Gasteiger partial charge in [-0.05, 0) is 12.1 Å². The van der Waals surface area contributed by atoms with E-state index in [4.69, 9.17) is 9.15 Å². The molecule has 0 aliphatic heterocycles. The summed E-state index contributed by atoms with van der Waals surface area (Å²) in [5.41, 5.74) is 3.66. The summed E-state index contributed by atoms with van der Waals surface area (Å²) in [6, 6.07) is 5.94. The van der Waals surface area contributed by atoms with Gasteiger partial charge in [0, 0.05) is 25.0 Å². The summed E-state index contributed by atoms with van der Waals surface area (Å²) in [6.07, 6.45) is 0. The summed E-state index contributed by atoms with van der Waals surface area (Å²) in [5.74, 6) is 0.681. The van der Waals surface area contributed by atoms with E-state index in [0.29, 0.717) is 12.5 Å². The van der Waals surface area contributed by atoms with Gasteiger partial charge in [0.15, 0.2) is 11.5 Å². The van der Waals surface area contributed by atoms with Crippen molar-refractivity contribution >= 4 is 22.4 Å². The highest BCUT2D eigenvalue weighted by Crippen LogP contribution is 2.26. The number of hydrogen-bond acceptors (Lipinski definition) is 5. The Morgan fingerprint density at radius 3 is 3.06 bits per heavy atom. The minimum atomic E-state index is 0.550. The van der Waals surface area contributed by atoms with Crippen molar-refractivity contribution in [3.8, 4) is 11.3 Å². The topological polar surface area (TPSA) is 48.2 Å². The van der Waals surface area contributed by atoms with Crippen LogP contribution in [0.1, 0.15) is 10.9 Å². The van der Waals surface area contributed by atoms with E-state index in [1.165, 1.54) is 0 Å². The molecule has 0 spiro atoms. The Labute approximate surface area is 108 Å². The Kier molecular flexibility index (Phi) is 2.85. The Morgan fingerprint density at radius 1 is 1.33 bits per heavy atom. The second-order valence-electron chi connectivity index (χ2n) is 3.97. The zero-order valence-electron chi connectivity index (χ0n) is 10.1. The van der Waals surface area contributed by atoms with Crippen molar-refractivity contribution in [3.63, 3.8) is 0 Å². The highest BCUT2D eigenvalue weighted by atomic mass is 32.1. The summed E-state index contributed by atoms with van der Waals surface area (Å²) >= 11 is 1.60. The van der Waals surface area contributed by atoms with E-state index < -0.39 is 0 Å². The van der Waals surface area contributed by atoms with Gasteiger partial charge in [0.05, 0.1) is 12.3 Å². The van der Waals surface area contributed by atoms with E-state index >= 15 is 0 Å². The molecule has 0 atom stereocenters. The monoisotopic (exact) mass is 260 g/mol. The van der Waals surface area contributed by atoms with Crippen LogP contribution in [0.4, 0.5) is 0 Å². The number of aromatic nitrogens is 2. The minimum Gasteiger partial charge on any atom is -0.441 e. The molecule has 0 aliphatic rings. The first-order valence-corrected chi connectivity index (χ1v) is 6.45. The first-order valence-electron chi connectivity index (χ1n) is 5.57. The number of aryl methyl sites for hydroxylation is 1. The molecule has 0 N–H and O–H groups in total. The largest absolute Gasteiger partial charge is 0.441 e. The molecule has 4 nitrogen and oxygen atoms in total. The second-order valence-corrected chi connectivity index (χ2v) is 4.92. The molecule has 2 aromatic heterocycles. The van der Waals surface area contributed by atoms with Crippen molar-refractivity contribution in [2.75, 3.05) is 7.11 Å². The third kappa shape index (κ3) is 2.02. The molecule has 5 heteroatoms. The third-order valence-electron chi connectivity index (χ3n) is 2.61. The van der Waals surface area contributed by atoms with Gasteiger partial charge >= 0.3 is 0 Å². The van der Waals surface area contributed by atoms with Crippen molar-refractivity contribution in [2.24, 2.45) is 0 Å². The second kappa shape index (κ2) is 4.51. The lowest BCUT2D eigenvalue weighted by Crippen LogP contribution is -1.85. The molecular formula is C13H12N2O2S. The average molecular weight is 260 g/mol. The predicted octanol–water partition coefficient (Wildman–Crippen LogP) is 3.41. The Balaban J connectivity index is 2.01. The van der Waals surface area contributed by atoms with Gasteiger partial charge in [-0.3, -0.25) is 0 Å². The summed E-state index contributed by atoms with van der Waals surface area (Å²) in [4.78, 5) is 8.79. The van der Waals surface area contributed by atoms with E-state index in [1.807, 2.05) is 30.5 Å². The van der Waals surface area contributed by atoms with E-state index in [9.17, 15) is 0 Å². The van der Waals surface area contributed by atoms with Crippen molar-refractivity contribution in [1.29, 1.82) is 0 Å². The normalized spacial score (nSPS) is 11.2. The smallest absolute Gasteiger partial charge is 0.192 e. The molecule has 92 valence electrons. The number of methoxy groups -OCH3 is 1. The zero-order chi connectivity index (χ0) is 12.5. The number of hydrogen-bond donors (Lipinski definition) is 0. The van der Waals surface area contributed by atoms with Gasteiger partial charge in [0.2, 0.25) is 0 Å². The van der Waals surface area contributed by atoms with Crippen LogP contribution in [0.15, 0.2) is 28.0 Å². The van der Waals surface area contributed by atoms with Gasteiger partial charge < -0.3 is 9.15 Å². The molecule has 0 radical (unpaired) electrons. The number of thiazole rings is 1. The van der Waals surface area contributed by atoms with E-state index in [-0.39, 0.29) is 0 Å². The van der Waals surface area contributed by atoms with E-state index in [2.05, 4.69) is 9.97 Å². The first kappa shape index (κ1) is 11.4. The van der Waals surface area contributed by atoms with Gasteiger partial charge in [-0.1, -0.05) is 6.07 Å². The van der Waals surface area contributed by atoms with Crippen LogP contribution >= 0.6 is 11.3 Å². The summed E-state index contributed by atoms with van der Waals surface area (Å²) in [6.45, 7) is 2.40. The molecule has 3 rings (SSSR count). The Hall–Kier alpha value is -1.72. The van der Waals surface area contributed by atoms with Gasteiger partial charge in [-0.25, -0.2) is 9.97 Å². The molecule has 1 aromatic carbocycles. The molecule has 0 amide bonds. The standard InChI is InChI=1S/C13H12N2O2S/c1-8-14-10-4-3-9(5-12(10)17-8)11-7-18-13(15-11)6-16-2/h3-5,7H,6H2,1-2H3. The molecule has 0 bridgehead atoms. The lowest BCUT2D eigenvalue weighted by Gasteiger charge is -1.95. The average Bonchev–Trinajstić information content (AvgIpc) is 2.93. The lowest BCUT2D eigenvalue weighted by molar-refractivity contribution is 0.184. The van der Waals surface area contributed by atoms with Gasteiger partial charge in [0.1, 0.15) is 10.5 Å². The number of nitrogens with zero attached hydrogens (tertiary/aromatic N) is 2. The van der Waals surface area contributed by atoms with Crippen LogP contribution < -0.4 is 0 Å². The third-order valence-corrected chi connectivity index (χ3v) is 3.43. The van der Waals surface area contributed by atoms with Crippen molar-refractivity contribution in [1.82, 2.24) is 9.97 Å². The first-order chi connectivity index (χ1) is 8.76. The number of fused-ring (bicyclic) bond motifs is 1. The maximum atomic E-state index is 5.52. The van der Waals surface area contributed by atoms with Crippen LogP contribution in [0.5, 0.6) is 0 Å². The number of benzene rings is 1. The fourth-order valence-electron chi connectivity index (χ4n) is 1.83. The maximum Gasteiger partial charge on any atom is 0.192 e.